The van der Waals surface area contributed by atoms with Crippen molar-refractivity contribution in [2.45, 2.75) is 56.0 Å². The van der Waals surface area contributed by atoms with Crippen LogP contribution in [0.15, 0.2) is 78.9 Å². The first-order valence-corrected chi connectivity index (χ1v) is 14.2. The van der Waals surface area contributed by atoms with Gasteiger partial charge in [0.05, 0.1) is 31.9 Å². The number of ether oxygens (including phenoxy) is 3. The molecule has 1 fully saturated rings. The molecule has 0 bridgehead atoms. The van der Waals surface area contributed by atoms with Crippen LogP contribution in [0.2, 0.25) is 0 Å². The second kappa shape index (κ2) is 13.7. The molecule has 1 saturated heterocycles. The summed E-state index contributed by atoms with van der Waals surface area (Å²) in [5.74, 6) is -0.884. The average molecular weight is 617 g/mol. The van der Waals surface area contributed by atoms with Crippen LogP contribution in [0.4, 0.5) is 22.4 Å². The van der Waals surface area contributed by atoms with Crippen molar-refractivity contribution in [3.05, 3.63) is 107 Å². The van der Waals surface area contributed by atoms with Crippen LogP contribution in [0.25, 0.3) is 0 Å². The van der Waals surface area contributed by atoms with Crippen molar-refractivity contribution in [2.24, 2.45) is 0 Å². The normalized spacial score (nSPS) is 22.6. The summed E-state index contributed by atoms with van der Waals surface area (Å²) in [6.45, 7) is -1.04. The molecule has 2 heterocycles. The predicted molar refractivity (Wildman–Crippen MR) is 150 cm³/mol. The summed E-state index contributed by atoms with van der Waals surface area (Å²) in [4.78, 5) is 27.1. The number of nitrogens with zero attached hydrogens (tertiary/aromatic N) is 1. The number of benzene rings is 3. The lowest BCUT2D eigenvalue weighted by Crippen LogP contribution is -2.58. The molecule has 234 valence electrons. The Morgan fingerprint density at radius 2 is 1.73 bits per heavy atom. The Kier molecular flexibility index (Phi) is 9.82. The lowest BCUT2D eigenvalue weighted by Gasteiger charge is -2.42. The first-order chi connectivity index (χ1) is 21.1. The molecule has 0 saturated carbocycles. The molecule has 2 aliphatic rings. The number of hydrogen-bond donors (Lipinski definition) is 2. The van der Waals surface area contributed by atoms with Crippen molar-refractivity contribution in [1.29, 1.82) is 0 Å². The molecule has 44 heavy (non-hydrogen) atoms. The van der Waals surface area contributed by atoms with Gasteiger partial charge in [0.1, 0.15) is 18.0 Å². The number of carboxylic acid groups (broad SMARTS) is 1. The third kappa shape index (κ3) is 7.55. The van der Waals surface area contributed by atoms with E-state index in [2.05, 4.69) is 5.32 Å². The summed E-state index contributed by atoms with van der Waals surface area (Å²) >= 11 is 0. The Bertz CT molecular complexity index is 1420. The van der Waals surface area contributed by atoms with E-state index in [9.17, 15) is 32.3 Å². The maximum atomic E-state index is 13.9. The van der Waals surface area contributed by atoms with E-state index in [1.165, 1.54) is 12.1 Å². The van der Waals surface area contributed by atoms with E-state index in [0.29, 0.717) is 24.1 Å². The Balaban J connectivity index is 1.31. The molecule has 0 radical (unpaired) electrons. The number of amides is 2. The monoisotopic (exact) mass is 616 g/mol. The maximum Gasteiger partial charge on any atom is 0.416 e. The fourth-order valence-corrected chi connectivity index (χ4v) is 5.67. The van der Waals surface area contributed by atoms with Gasteiger partial charge in [-0.15, -0.1) is 0 Å². The number of fused-ring (bicyclic) bond motifs is 1. The molecular formula is C32H32F4N2O6. The molecule has 0 aromatic heterocycles. The average Bonchev–Trinajstić information content (AvgIpc) is 3.00. The molecule has 12 heteroatoms. The van der Waals surface area contributed by atoms with Crippen LogP contribution < -0.4 is 5.32 Å². The number of rotatable bonds is 9. The fourth-order valence-electron chi connectivity index (χ4n) is 5.67. The Morgan fingerprint density at radius 1 is 1.02 bits per heavy atom. The third-order valence-corrected chi connectivity index (χ3v) is 7.80. The Morgan fingerprint density at radius 3 is 2.43 bits per heavy atom. The van der Waals surface area contributed by atoms with Crippen molar-refractivity contribution in [2.75, 3.05) is 19.8 Å². The minimum absolute atomic E-state index is 0.0699. The molecule has 0 spiro atoms. The van der Waals surface area contributed by atoms with Crippen molar-refractivity contribution in [3.63, 3.8) is 0 Å². The molecule has 3 aromatic rings. The van der Waals surface area contributed by atoms with Crippen molar-refractivity contribution in [1.82, 2.24) is 10.2 Å². The van der Waals surface area contributed by atoms with Crippen LogP contribution in [0.3, 0.4) is 0 Å². The first kappa shape index (κ1) is 31.4. The van der Waals surface area contributed by atoms with Gasteiger partial charge < -0.3 is 29.5 Å². The lowest BCUT2D eigenvalue weighted by molar-refractivity contribution is -0.259. The van der Waals surface area contributed by atoms with Crippen molar-refractivity contribution in [3.8, 4) is 0 Å². The molecule has 2 amide bonds. The zero-order valence-electron chi connectivity index (χ0n) is 23.6. The quantitative estimate of drug-likeness (QED) is 0.319. The minimum atomic E-state index is -4.80. The van der Waals surface area contributed by atoms with Gasteiger partial charge in [0.2, 0.25) is 0 Å². The van der Waals surface area contributed by atoms with E-state index in [1.54, 1.807) is 47.4 Å². The summed E-state index contributed by atoms with van der Waals surface area (Å²) in [5.41, 5.74) is 3.24. The molecular weight excluding hydrogens is 584 g/mol. The van der Waals surface area contributed by atoms with E-state index in [0.717, 1.165) is 11.1 Å². The van der Waals surface area contributed by atoms with Crippen LogP contribution in [-0.4, -0.2) is 72.3 Å². The van der Waals surface area contributed by atoms with Crippen LogP contribution in [0, 0.1) is 5.82 Å². The van der Waals surface area contributed by atoms with E-state index in [-0.39, 0.29) is 13.0 Å². The largest absolute Gasteiger partial charge is 0.465 e. The topological polar surface area (TPSA) is 97.3 Å². The minimum Gasteiger partial charge on any atom is -0.465 e. The predicted octanol–water partition coefficient (Wildman–Crippen LogP) is 5.26. The van der Waals surface area contributed by atoms with Gasteiger partial charge in [-0.05, 0) is 40.8 Å². The molecule has 1 unspecified atom stereocenters. The van der Waals surface area contributed by atoms with Crippen LogP contribution >= 0.6 is 0 Å². The van der Waals surface area contributed by atoms with Crippen molar-refractivity contribution < 1.29 is 46.5 Å². The van der Waals surface area contributed by atoms with Gasteiger partial charge in [0.25, 0.3) is 5.91 Å². The maximum absolute atomic E-state index is 13.9. The molecule has 5 rings (SSSR count). The number of halogens is 4. The van der Waals surface area contributed by atoms with Gasteiger partial charge in [-0.25, -0.2) is 9.18 Å². The SMILES string of the molecule is O=C(O)N[C@H]1C[C@H](C(=O)N2CCc3ccccc3[C@@H]2c2ccc(F)cc2)OC[C@@H]1OC(COCc1ccccc1)C(F)(F)F. The van der Waals surface area contributed by atoms with Gasteiger partial charge in [-0.3, -0.25) is 4.79 Å². The second-order valence-electron chi connectivity index (χ2n) is 10.8. The highest BCUT2D eigenvalue weighted by molar-refractivity contribution is 5.82. The smallest absolute Gasteiger partial charge is 0.416 e. The molecule has 2 N–H and O–H groups in total. The van der Waals surface area contributed by atoms with E-state index < -0.39 is 67.6 Å². The molecule has 8 nitrogen and oxygen atoms in total. The zero-order valence-corrected chi connectivity index (χ0v) is 23.6. The molecule has 3 aromatic carbocycles. The van der Waals surface area contributed by atoms with E-state index in [1.807, 2.05) is 24.3 Å². The highest BCUT2D eigenvalue weighted by Gasteiger charge is 2.47. The fraction of sp³-hybridized carbons (Fsp3) is 0.375. The van der Waals surface area contributed by atoms with Gasteiger partial charge in [0, 0.05) is 13.0 Å². The first-order valence-electron chi connectivity index (χ1n) is 14.2. The van der Waals surface area contributed by atoms with Gasteiger partial charge in [-0.2, -0.15) is 13.2 Å². The standard InChI is InChI=1S/C32H32F4N2O6/c33-23-12-10-22(11-13-23)29-24-9-5-4-8-21(24)14-15-38(29)30(39)26-16-25(37-31(40)41)27(18-43-26)44-28(32(34,35)36)19-42-17-20-6-2-1-3-7-20/h1-13,25-29,37H,14-19H2,(H,40,41)/t25-,26+,27-,28?,29-/m0/s1. The number of hydrogen-bond acceptors (Lipinski definition) is 5. The Hall–Kier alpha value is -4.00. The summed E-state index contributed by atoms with van der Waals surface area (Å²) < 4.78 is 71.9. The highest BCUT2D eigenvalue weighted by Crippen LogP contribution is 2.37. The van der Waals surface area contributed by atoms with Crippen LogP contribution in [0.5, 0.6) is 0 Å². The number of carbonyl (C=O) groups excluding carboxylic acids is 1. The molecule has 2 aliphatic heterocycles. The van der Waals surface area contributed by atoms with Gasteiger partial charge in [-0.1, -0.05) is 66.7 Å². The van der Waals surface area contributed by atoms with E-state index >= 15 is 0 Å². The number of nitrogens with one attached hydrogen (secondary N) is 1. The summed E-state index contributed by atoms with van der Waals surface area (Å²) in [6.07, 6.45) is -10.8. The van der Waals surface area contributed by atoms with Gasteiger partial charge in [0.15, 0.2) is 6.10 Å². The number of carbonyl (C=O) groups is 2. The van der Waals surface area contributed by atoms with Gasteiger partial charge >= 0.3 is 12.3 Å². The van der Waals surface area contributed by atoms with E-state index in [4.69, 9.17) is 14.2 Å². The van der Waals surface area contributed by atoms with Crippen LogP contribution in [-0.2, 0) is 32.0 Å². The lowest BCUT2D eigenvalue weighted by atomic mass is 9.87. The summed E-state index contributed by atoms with van der Waals surface area (Å²) in [6, 6.07) is 20.3. The van der Waals surface area contributed by atoms with Crippen LogP contribution in [0.1, 0.15) is 34.7 Å². The zero-order chi connectivity index (χ0) is 31.3. The highest BCUT2D eigenvalue weighted by atomic mass is 19.4. The summed E-state index contributed by atoms with van der Waals surface area (Å²) in [7, 11) is 0. The molecule has 5 atom stereocenters. The van der Waals surface area contributed by atoms with Crippen molar-refractivity contribution >= 4 is 12.0 Å². The Labute approximate surface area is 251 Å². The second-order valence-corrected chi connectivity index (χ2v) is 10.8. The molecule has 0 aliphatic carbocycles. The number of alkyl halides is 3. The summed E-state index contributed by atoms with van der Waals surface area (Å²) in [5, 5.41) is 11.7. The third-order valence-electron chi connectivity index (χ3n) is 7.80.